The first-order valence-corrected chi connectivity index (χ1v) is 3.13. The lowest BCUT2D eigenvalue weighted by atomic mass is 10.5. The average Bonchev–Trinajstić information content (AvgIpc) is 1.65. The van der Waals surface area contributed by atoms with E-state index < -0.39 is 5.91 Å². The number of nitrogens with two attached hydrogens (primary N) is 1. The van der Waals surface area contributed by atoms with Crippen molar-refractivity contribution < 1.29 is 4.79 Å². The summed E-state index contributed by atoms with van der Waals surface area (Å²) in [5.41, 5.74) is 4.78. The van der Waals surface area contributed by atoms with Crippen molar-refractivity contribution >= 4 is 33.4 Å². The van der Waals surface area contributed by atoms with Crippen LogP contribution in [0.1, 0.15) is 0 Å². The minimum absolute atomic E-state index is 0.231. The van der Waals surface area contributed by atoms with Gasteiger partial charge in [0, 0.05) is 5.88 Å². The van der Waals surface area contributed by atoms with E-state index in [1.54, 1.807) is 0 Å². The third-order valence-electron chi connectivity index (χ3n) is 0.444. The van der Waals surface area contributed by atoms with Crippen molar-refractivity contribution in [2.24, 2.45) is 5.73 Å². The van der Waals surface area contributed by atoms with E-state index in [-0.39, 0.29) is 10.7 Å². The first-order valence-electron chi connectivity index (χ1n) is 1.68. The number of alkyl halides is 2. The highest BCUT2D eigenvalue weighted by atomic mass is 79.9. The van der Waals surface area contributed by atoms with E-state index in [1.165, 1.54) is 0 Å². The second-order valence-electron chi connectivity index (χ2n) is 1.02. The van der Waals surface area contributed by atoms with Crippen LogP contribution in [-0.4, -0.2) is 16.6 Å². The summed E-state index contributed by atoms with van der Waals surface area (Å²) in [6, 6.07) is 0. The summed E-state index contributed by atoms with van der Waals surface area (Å²) in [4.78, 5) is 9.64. The number of hydrogen-bond donors (Lipinski definition) is 1. The SMILES string of the molecule is NC(=O)C(Br)CCl. The van der Waals surface area contributed by atoms with Gasteiger partial charge in [-0.15, -0.1) is 11.6 Å². The molecule has 0 bridgehead atoms. The molecule has 0 aliphatic heterocycles. The fraction of sp³-hybridized carbons (Fsp3) is 0.667. The molecule has 0 aromatic heterocycles. The summed E-state index contributed by atoms with van der Waals surface area (Å²) in [7, 11) is 0. The molecule has 0 aromatic carbocycles. The monoisotopic (exact) mass is 185 g/mol. The summed E-state index contributed by atoms with van der Waals surface area (Å²) >= 11 is 8.13. The van der Waals surface area contributed by atoms with Gasteiger partial charge < -0.3 is 5.73 Å². The molecule has 1 amide bonds. The van der Waals surface area contributed by atoms with Gasteiger partial charge in [0.25, 0.3) is 0 Å². The smallest absolute Gasteiger partial charge is 0.232 e. The molecule has 7 heavy (non-hydrogen) atoms. The van der Waals surface area contributed by atoms with Crippen LogP contribution < -0.4 is 5.73 Å². The molecule has 0 rings (SSSR count). The number of carbonyl (C=O) groups is 1. The molecule has 1 unspecified atom stereocenters. The van der Waals surface area contributed by atoms with E-state index in [2.05, 4.69) is 15.9 Å². The molecule has 4 heteroatoms. The summed E-state index contributed by atoms with van der Waals surface area (Å²) in [5, 5.41) is 0. The van der Waals surface area contributed by atoms with E-state index in [0.717, 1.165) is 0 Å². The summed E-state index contributed by atoms with van der Waals surface area (Å²) in [6.07, 6.45) is 0. The lowest BCUT2D eigenvalue weighted by molar-refractivity contribution is -0.117. The number of hydrogen-bond acceptors (Lipinski definition) is 1. The second-order valence-corrected chi connectivity index (χ2v) is 2.44. The van der Waals surface area contributed by atoms with Crippen LogP contribution >= 0.6 is 27.5 Å². The average molecular weight is 186 g/mol. The zero-order valence-corrected chi connectivity index (χ0v) is 5.87. The standard InChI is InChI=1S/C3H5BrClNO/c4-2(1-5)3(6)7/h2H,1H2,(H2,6,7). The number of amides is 1. The van der Waals surface area contributed by atoms with E-state index in [0.29, 0.717) is 0 Å². The van der Waals surface area contributed by atoms with E-state index in [9.17, 15) is 4.79 Å². The fourth-order valence-electron chi connectivity index (χ4n) is 0.0760. The van der Waals surface area contributed by atoms with Crippen molar-refractivity contribution in [2.75, 3.05) is 5.88 Å². The Labute approximate surface area is 55.1 Å². The second kappa shape index (κ2) is 3.27. The lowest BCUT2D eigenvalue weighted by Gasteiger charge is -1.94. The van der Waals surface area contributed by atoms with Crippen molar-refractivity contribution in [3.8, 4) is 0 Å². The maximum Gasteiger partial charge on any atom is 0.232 e. The van der Waals surface area contributed by atoms with E-state index in [4.69, 9.17) is 17.3 Å². The third-order valence-corrected chi connectivity index (χ3v) is 1.90. The van der Waals surface area contributed by atoms with Crippen molar-refractivity contribution in [1.82, 2.24) is 0 Å². The van der Waals surface area contributed by atoms with Crippen LogP contribution in [0.4, 0.5) is 0 Å². The highest BCUT2D eigenvalue weighted by molar-refractivity contribution is 9.10. The number of rotatable bonds is 2. The number of halogens is 2. The van der Waals surface area contributed by atoms with Crippen LogP contribution in [0.15, 0.2) is 0 Å². The van der Waals surface area contributed by atoms with Crippen LogP contribution in [0.25, 0.3) is 0 Å². The lowest BCUT2D eigenvalue weighted by Crippen LogP contribution is -2.24. The Morgan fingerprint density at radius 2 is 2.43 bits per heavy atom. The summed E-state index contributed by atoms with van der Waals surface area (Å²) in [5.74, 6) is -0.190. The molecule has 0 radical (unpaired) electrons. The molecular weight excluding hydrogens is 181 g/mol. The van der Waals surface area contributed by atoms with Gasteiger partial charge in [0.1, 0.15) is 4.83 Å². The quantitative estimate of drug-likeness (QED) is 0.626. The molecule has 0 aromatic rings. The van der Waals surface area contributed by atoms with E-state index >= 15 is 0 Å². The summed E-state index contributed by atoms with van der Waals surface area (Å²) < 4.78 is 0. The molecule has 1 atom stereocenters. The Bertz CT molecular complexity index is 77.3. The first-order chi connectivity index (χ1) is 3.18. The minimum Gasteiger partial charge on any atom is -0.369 e. The molecule has 42 valence electrons. The highest BCUT2D eigenvalue weighted by Crippen LogP contribution is 1.98. The van der Waals surface area contributed by atoms with Crippen molar-refractivity contribution in [3.63, 3.8) is 0 Å². The maximum absolute atomic E-state index is 10.0. The number of carbonyl (C=O) groups excluding carboxylic acids is 1. The van der Waals surface area contributed by atoms with Crippen molar-refractivity contribution in [3.05, 3.63) is 0 Å². The van der Waals surface area contributed by atoms with Crippen LogP contribution in [0, 0.1) is 0 Å². The molecule has 0 aliphatic rings. The molecule has 0 saturated heterocycles. The van der Waals surface area contributed by atoms with Gasteiger partial charge in [0.15, 0.2) is 0 Å². The normalized spacial score (nSPS) is 13.4. The predicted molar refractivity (Wildman–Crippen MR) is 32.6 cm³/mol. The Morgan fingerprint density at radius 1 is 2.00 bits per heavy atom. The Kier molecular flexibility index (Phi) is 3.38. The molecule has 0 saturated carbocycles. The van der Waals surface area contributed by atoms with Crippen LogP contribution in [0.3, 0.4) is 0 Å². The molecular formula is C3H5BrClNO. The minimum atomic E-state index is -0.421. The van der Waals surface area contributed by atoms with Gasteiger partial charge in [-0.1, -0.05) is 15.9 Å². The van der Waals surface area contributed by atoms with Crippen LogP contribution in [0.2, 0.25) is 0 Å². The maximum atomic E-state index is 10.0. The topological polar surface area (TPSA) is 43.1 Å². The van der Waals surface area contributed by atoms with Gasteiger partial charge in [-0.25, -0.2) is 0 Å². The van der Waals surface area contributed by atoms with Gasteiger partial charge in [-0.3, -0.25) is 4.79 Å². The zero-order chi connectivity index (χ0) is 5.86. The van der Waals surface area contributed by atoms with Gasteiger partial charge in [-0.05, 0) is 0 Å². The van der Waals surface area contributed by atoms with E-state index in [1.807, 2.05) is 0 Å². The zero-order valence-electron chi connectivity index (χ0n) is 3.53. The predicted octanol–water partition coefficient (Wildman–Crippen LogP) is 0.474. The molecule has 2 nitrogen and oxygen atoms in total. The largest absolute Gasteiger partial charge is 0.369 e. The van der Waals surface area contributed by atoms with Crippen molar-refractivity contribution in [2.45, 2.75) is 4.83 Å². The van der Waals surface area contributed by atoms with Gasteiger partial charge in [0.05, 0.1) is 0 Å². The fourth-order valence-corrected chi connectivity index (χ4v) is 0.228. The highest BCUT2D eigenvalue weighted by Gasteiger charge is 2.06. The Morgan fingerprint density at radius 3 is 2.43 bits per heavy atom. The third kappa shape index (κ3) is 2.88. The first kappa shape index (κ1) is 7.24. The summed E-state index contributed by atoms with van der Waals surface area (Å²) in [6.45, 7) is 0. The van der Waals surface area contributed by atoms with Gasteiger partial charge >= 0.3 is 0 Å². The van der Waals surface area contributed by atoms with Crippen LogP contribution in [-0.2, 0) is 4.79 Å². The Balaban J connectivity index is 3.34. The van der Waals surface area contributed by atoms with Crippen molar-refractivity contribution in [1.29, 1.82) is 0 Å². The van der Waals surface area contributed by atoms with Gasteiger partial charge in [-0.2, -0.15) is 0 Å². The molecule has 2 N–H and O–H groups in total. The molecule has 0 fully saturated rings. The molecule has 0 heterocycles. The molecule has 0 aliphatic carbocycles. The van der Waals surface area contributed by atoms with Crippen LogP contribution in [0.5, 0.6) is 0 Å². The van der Waals surface area contributed by atoms with Gasteiger partial charge in [0.2, 0.25) is 5.91 Å². The number of primary amides is 1. The Hall–Kier alpha value is 0.240. The molecule has 0 spiro atoms.